The van der Waals surface area contributed by atoms with Crippen molar-refractivity contribution in [1.82, 2.24) is 19.9 Å². The van der Waals surface area contributed by atoms with Crippen LogP contribution in [0.15, 0.2) is 4.52 Å². The van der Waals surface area contributed by atoms with Crippen molar-refractivity contribution >= 4 is 0 Å². The van der Waals surface area contributed by atoms with Crippen molar-refractivity contribution in [1.29, 1.82) is 0 Å². The summed E-state index contributed by atoms with van der Waals surface area (Å²) in [6.07, 6.45) is 5.10. The van der Waals surface area contributed by atoms with E-state index < -0.39 is 0 Å². The summed E-state index contributed by atoms with van der Waals surface area (Å²) in [7, 11) is 0. The molecule has 0 aliphatic carbocycles. The molecule has 2 aliphatic heterocycles. The molecule has 1 aromatic heterocycles. The van der Waals surface area contributed by atoms with Crippen molar-refractivity contribution < 1.29 is 14.0 Å². The van der Waals surface area contributed by atoms with Gasteiger partial charge in [-0.05, 0) is 64.1 Å². The average Bonchev–Trinajstić information content (AvgIpc) is 3.17. The SMILES string of the molecule is CC(C)COC(C)c1noc(CN2CCC(CCCN3CCOCC3)CC2)n1. The van der Waals surface area contributed by atoms with Crippen LogP contribution in [0.5, 0.6) is 0 Å². The van der Waals surface area contributed by atoms with Gasteiger partial charge in [0.25, 0.3) is 0 Å². The van der Waals surface area contributed by atoms with E-state index in [1.54, 1.807) is 0 Å². The summed E-state index contributed by atoms with van der Waals surface area (Å²) < 4.78 is 16.7. The second-order valence-electron chi connectivity index (χ2n) is 8.73. The first-order valence-corrected chi connectivity index (χ1v) is 11.1. The molecule has 2 fully saturated rings. The van der Waals surface area contributed by atoms with Crippen molar-refractivity contribution in [2.45, 2.75) is 59.1 Å². The highest BCUT2D eigenvalue weighted by Gasteiger charge is 2.22. The maximum atomic E-state index is 5.78. The van der Waals surface area contributed by atoms with Gasteiger partial charge in [-0.3, -0.25) is 9.80 Å². The second-order valence-corrected chi connectivity index (χ2v) is 8.73. The number of hydrogen-bond donors (Lipinski definition) is 0. The maximum absolute atomic E-state index is 5.78. The van der Waals surface area contributed by atoms with Gasteiger partial charge in [0.05, 0.1) is 19.8 Å². The first-order chi connectivity index (χ1) is 13.6. The van der Waals surface area contributed by atoms with Crippen LogP contribution in [-0.4, -0.2) is 72.5 Å². The first kappa shape index (κ1) is 21.7. The van der Waals surface area contributed by atoms with E-state index in [2.05, 4.69) is 33.8 Å². The zero-order valence-electron chi connectivity index (χ0n) is 17.9. The van der Waals surface area contributed by atoms with E-state index in [1.165, 1.54) is 32.2 Å². The molecule has 1 atom stereocenters. The predicted octanol–water partition coefficient (Wildman–Crippen LogP) is 3.13. The van der Waals surface area contributed by atoms with Gasteiger partial charge in [0.1, 0.15) is 6.10 Å². The van der Waals surface area contributed by atoms with Crippen LogP contribution in [0, 0.1) is 11.8 Å². The number of rotatable bonds is 10. The summed E-state index contributed by atoms with van der Waals surface area (Å²) in [6, 6.07) is 0. The summed E-state index contributed by atoms with van der Waals surface area (Å²) in [4.78, 5) is 9.52. The van der Waals surface area contributed by atoms with E-state index in [9.17, 15) is 0 Å². The van der Waals surface area contributed by atoms with E-state index in [1.807, 2.05) is 6.92 Å². The van der Waals surface area contributed by atoms with E-state index in [-0.39, 0.29) is 6.10 Å². The number of likely N-dealkylation sites (tertiary alicyclic amines) is 1. The summed E-state index contributed by atoms with van der Waals surface area (Å²) in [5.74, 6) is 2.73. The highest BCUT2D eigenvalue weighted by Crippen LogP contribution is 2.23. The Morgan fingerprint density at radius 1 is 1.07 bits per heavy atom. The fourth-order valence-electron chi connectivity index (χ4n) is 3.96. The first-order valence-electron chi connectivity index (χ1n) is 11.1. The molecule has 0 bridgehead atoms. The van der Waals surface area contributed by atoms with Crippen molar-refractivity contribution in [3.8, 4) is 0 Å². The van der Waals surface area contributed by atoms with Gasteiger partial charge in [0.2, 0.25) is 5.89 Å². The number of ether oxygens (including phenoxy) is 2. The molecule has 0 amide bonds. The Balaban J connectivity index is 1.32. The van der Waals surface area contributed by atoms with Crippen LogP contribution in [0.2, 0.25) is 0 Å². The van der Waals surface area contributed by atoms with Gasteiger partial charge in [-0.25, -0.2) is 0 Å². The fraction of sp³-hybridized carbons (Fsp3) is 0.905. The molecule has 0 spiro atoms. The van der Waals surface area contributed by atoms with Gasteiger partial charge < -0.3 is 14.0 Å². The lowest BCUT2D eigenvalue weighted by atomic mass is 9.92. The third kappa shape index (κ3) is 7.10. The largest absolute Gasteiger partial charge is 0.379 e. The van der Waals surface area contributed by atoms with E-state index >= 15 is 0 Å². The third-order valence-corrected chi connectivity index (χ3v) is 5.78. The Morgan fingerprint density at radius 3 is 2.54 bits per heavy atom. The van der Waals surface area contributed by atoms with Gasteiger partial charge in [0, 0.05) is 19.7 Å². The minimum absolute atomic E-state index is 0.114. The van der Waals surface area contributed by atoms with Crippen molar-refractivity contribution in [3.63, 3.8) is 0 Å². The van der Waals surface area contributed by atoms with Gasteiger partial charge in [0.15, 0.2) is 5.82 Å². The molecular weight excluding hydrogens is 356 g/mol. The van der Waals surface area contributed by atoms with Crippen LogP contribution < -0.4 is 0 Å². The molecule has 2 aliphatic rings. The molecule has 1 unspecified atom stereocenters. The van der Waals surface area contributed by atoms with Gasteiger partial charge in [-0.2, -0.15) is 4.98 Å². The molecule has 2 saturated heterocycles. The van der Waals surface area contributed by atoms with Crippen molar-refractivity contribution in [3.05, 3.63) is 11.7 Å². The molecule has 0 radical (unpaired) electrons. The van der Waals surface area contributed by atoms with Crippen LogP contribution in [-0.2, 0) is 16.0 Å². The summed E-state index contributed by atoms with van der Waals surface area (Å²) >= 11 is 0. The molecule has 0 aromatic carbocycles. The summed E-state index contributed by atoms with van der Waals surface area (Å²) in [5, 5.41) is 4.11. The fourth-order valence-corrected chi connectivity index (χ4v) is 3.96. The van der Waals surface area contributed by atoms with Crippen LogP contribution in [0.25, 0.3) is 0 Å². The molecule has 3 heterocycles. The lowest BCUT2D eigenvalue weighted by molar-refractivity contribution is 0.0361. The molecule has 1 aromatic rings. The van der Waals surface area contributed by atoms with Crippen LogP contribution in [0.1, 0.15) is 64.3 Å². The van der Waals surface area contributed by atoms with Crippen LogP contribution in [0.4, 0.5) is 0 Å². The lowest BCUT2D eigenvalue weighted by Crippen LogP contribution is -2.37. The van der Waals surface area contributed by atoms with E-state index in [4.69, 9.17) is 14.0 Å². The number of piperidine rings is 1. The maximum Gasteiger partial charge on any atom is 0.240 e. The van der Waals surface area contributed by atoms with E-state index in [0.717, 1.165) is 51.9 Å². The summed E-state index contributed by atoms with van der Waals surface area (Å²) in [5.41, 5.74) is 0. The second kappa shape index (κ2) is 11.2. The van der Waals surface area contributed by atoms with Crippen molar-refractivity contribution in [2.24, 2.45) is 11.8 Å². The summed E-state index contributed by atoms with van der Waals surface area (Å²) in [6.45, 7) is 15.2. The topological polar surface area (TPSA) is 63.9 Å². The normalized spacial score (nSPS) is 21.4. The molecule has 0 N–H and O–H groups in total. The predicted molar refractivity (Wildman–Crippen MR) is 108 cm³/mol. The number of nitrogens with zero attached hydrogens (tertiary/aromatic N) is 4. The zero-order valence-corrected chi connectivity index (χ0v) is 17.9. The Morgan fingerprint density at radius 2 is 1.82 bits per heavy atom. The monoisotopic (exact) mass is 394 g/mol. The standard InChI is InChI=1S/C21H38N4O3/c1-17(2)16-27-18(3)21-22-20(28-23-21)15-25-9-6-19(7-10-25)5-4-8-24-11-13-26-14-12-24/h17-19H,4-16H2,1-3H3. The minimum atomic E-state index is -0.114. The highest BCUT2D eigenvalue weighted by atomic mass is 16.5. The molecule has 7 heteroatoms. The molecular formula is C21H38N4O3. The highest BCUT2D eigenvalue weighted by molar-refractivity contribution is 4.90. The third-order valence-electron chi connectivity index (χ3n) is 5.78. The van der Waals surface area contributed by atoms with Crippen LogP contribution in [0.3, 0.4) is 0 Å². The van der Waals surface area contributed by atoms with Gasteiger partial charge in [-0.1, -0.05) is 19.0 Å². The Labute approximate surface area is 169 Å². The average molecular weight is 395 g/mol. The van der Waals surface area contributed by atoms with Crippen molar-refractivity contribution in [2.75, 3.05) is 52.5 Å². The van der Waals surface area contributed by atoms with Crippen LogP contribution >= 0.6 is 0 Å². The molecule has 7 nitrogen and oxygen atoms in total. The number of hydrogen-bond acceptors (Lipinski definition) is 7. The number of morpholine rings is 1. The quantitative estimate of drug-likeness (QED) is 0.604. The Hall–Kier alpha value is -1.02. The smallest absolute Gasteiger partial charge is 0.240 e. The Bertz CT molecular complexity index is 552. The van der Waals surface area contributed by atoms with Gasteiger partial charge in [-0.15, -0.1) is 0 Å². The van der Waals surface area contributed by atoms with Gasteiger partial charge >= 0.3 is 0 Å². The molecule has 160 valence electrons. The molecule has 28 heavy (non-hydrogen) atoms. The Kier molecular flexibility index (Phi) is 8.70. The minimum Gasteiger partial charge on any atom is -0.379 e. The molecule has 3 rings (SSSR count). The molecule has 0 saturated carbocycles. The zero-order chi connectivity index (χ0) is 19.8. The van der Waals surface area contributed by atoms with E-state index in [0.29, 0.717) is 24.2 Å². The lowest BCUT2D eigenvalue weighted by Gasteiger charge is -2.32. The number of aromatic nitrogens is 2.